The zero-order valence-corrected chi connectivity index (χ0v) is 10.6. The van der Waals surface area contributed by atoms with Crippen molar-refractivity contribution < 1.29 is 0 Å². The second-order valence-electron chi connectivity index (χ2n) is 3.87. The number of unbranched alkanes of at least 4 members (excludes halogenated alkanes) is 3. The zero-order valence-electron chi connectivity index (χ0n) is 9.88. The molecule has 3 heteroatoms. The maximum absolute atomic E-state index is 8.94. The molecule has 0 saturated carbocycles. The maximum Gasteiger partial charge on any atom is 0.101 e. The predicted octanol–water partition coefficient (Wildman–Crippen LogP) is 4.37. The van der Waals surface area contributed by atoms with Crippen molar-refractivity contribution in [3.63, 3.8) is 0 Å². The summed E-state index contributed by atoms with van der Waals surface area (Å²) in [6, 6.07) is 7.42. The second-order valence-corrected chi connectivity index (χ2v) is 4.30. The van der Waals surface area contributed by atoms with Crippen molar-refractivity contribution in [1.82, 2.24) is 0 Å². The molecule has 0 saturated heterocycles. The molecule has 0 amide bonds. The molecule has 0 atom stereocenters. The van der Waals surface area contributed by atoms with Gasteiger partial charge in [-0.3, -0.25) is 0 Å². The van der Waals surface area contributed by atoms with E-state index in [0.717, 1.165) is 25.1 Å². The van der Waals surface area contributed by atoms with Gasteiger partial charge in [0.05, 0.1) is 11.3 Å². The molecule has 0 bridgehead atoms. The summed E-state index contributed by atoms with van der Waals surface area (Å²) in [5.41, 5.74) is 1.46. The van der Waals surface area contributed by atoms with Crippen LogP contribution in [0.3, 0.4) is 0 Å². The molecule has 0 fully saturated rings. The molecule has 0 aliphatic heterocycles. The molecule has 0 spiro atoms. The van der Waals surface area contributed by atoms with E-state index in [-0.39, 0.29) is 0 Å². The average Bonchev–Trinajstić information content (AvgIpc) is 2.34. The van der Waals surface area contributed by atoms with Gasteiger partial charge < -0.3 is 5.32 Å². The lowest BCUT2D eigenvalue weighted by Crippen LogP contribution is -2.03. The number of anilines is 1. The molecular formula is C14H17ClN2. The molecule has 2 nitrogen and oxygen atoms in total. The van der Waals surface area contributed by atoms with Crippen molar-refractivity contribution in [3.05, 3.63) is 41.4 Å². The Morgan fingerprint density at radius 3 is 2.88 bits per heavy atom. The summed E-state index contributed by atoms with van der Waals surface area (Å²) in [6.45, 7) is 4.56. The van der Waals surface area contributed by atoms with E-state index in [2.05, 4.69) is 18.0 Å². The summed E-state index contributed by atoms with van der Waals surface area (Å²) in [6.07, 6.45) is 6.44. The minimum Gasteiger partial charge on any atom is -0.384 e. The van der Waals surface area contributed by atoms with Crippen LogP contribution < -0.4 is 5.32 Å². The lowest BCUT2D eigenvalue weighted by Gasteiger charge is -2.08. The van der Waals surface area contributed by atoms with Crippen LogP contribution in [0.1, 0.15) is 31.2 Å². The fourth-order valence-corrected chi connectivity index (χ4v) is 1.75. The zero-order chi connectivity index (χ0) is 12.5. The summed E-state index contributed by atoms with van der Waals surface area (Å²) in [5, 5.41) is 12.8. The highest BCUT2D eigenvalue weighted by Gasteiger charge is 2.01. The molecule has 17 heavy (non-hydrogen) atoms. The van der Waals surface area contributed by atoms with Crippen molar-refractivity contribution in [1.29, 1.82) is 5.26 Å². The van der Waals surface area contributed by atoms with Gasteiger partial charge >= 0.3 is 0 Å². The van der Waals surface area contributed by atoms with Gasteiger partial charge in [-0.2, -0.15) is 5.26 Å². The van der Waals surface area contributed by atoms with Gasteiger partial charge in [-0.25, -0.2) is 0 Å². The van der Waals surface area contributed by atoms with Crippen LogP contribution in [0.5, 0.6) is 0 Å². The number of rotatable bonds is 7. The molecule has 1 aromatic rings. The third-order valence-electron chi connectivity index (χ3n) is 2.50. The second kappa shape index (κ2) is 7.76. The van der Waals surface area contributed by atoms with Crippen molar-refractivity contribution in [2.75, 3.05) is 11.9 Å². The van der Waals surface area contributed by atoms with Crippen LogP contribution in [0.15, 0.2) is 30.9 Å². The standard InChI is InChI=1S/C14H17ClN2/c1-2-3-4-5-6-9-17-14-10-13(15)8-7-12(14)11-16/h2,7-8,10,17H,1,3-6,9H2. The molecule has 0 unspecified atom stereocenters. The molecular weight excluding hydrogens is 232 g/mol. The molecule has 0 aliphatic carbocycles. The Labute approximate surface area is 108 Å². The Hall–Kier alpha value is -1.46. The predicted molar refractivity (Wildman–Crippen MR) is 73.3 cm³/mol. The summed E-state index contributed by atoms with van der Waals surface area (Å²) in [4.78, 5) is 0. The number of nitriles is 1. The topological polar surface area (TPSA) is 35.8 Å². The van der Waals surface area contributed by atoms with Gasteiger partial charge in [0.15, 0.2) is 0 Å². The maximum atomic E-state index is 8.94. The van der Waals surface area contributed by atoms with E-state index in [4.69, 9.17) is 16.9 Å². The van der Waals surface area contributed by atoms with E-state index >= 15 is 0 Å². The van der Waals surface area contributed by atoms with E-state index in [9.17, 15) is 0 Å². The van der Waals surface area contributed by atoms with Gasteiger partial charge in [0, 0.05) is 11.6 Å². The van der Waals surface area contributed by atoms with Gasteiger partial charge in [0.25, 0.3) is 0 Å². The van der Waals surface area contributed by atoms with Crippen LogP contribution in [-0.2, 0) is 0 Å². The molecule has 0 aliphatic rings. The van der Waals surface area contributed by atoms with Gasteiger partial charge in [-0.15, -0.1) is 6.58 Å². The first-order chi connectivity index (χ1) is 8.27. The fraction of sp³-hybridized carbons (Fsp3) is 0.357. The number of nitrogens with one attached hydrogen (secondary N) is 1. The van der Waals surface area contributed by atoms with Crippen molar-refractivity contribution in [2.45, 2.75) is 25.7 Å². The third-order valence-corrected chi connectivity index (χ3v) is 2.74. The Bertz CT molecular complexity index is 407. The average molecular weight is 249 g/mol. The number of allylic oxidation sites excluding steroid dienone is 1. The minimum atomic E-state index is 0.639. The van der Waals surface area contributed by atoms with Gasteiger partial charge in [0.1, 0.15) is 6.07 Å². The van der Waals surface area contributed by atoms with Crippen molar-refractivity contribution >= 4 is 17.3 Å². The van der Waals surface area contributed by atoms with Gasteiger partial charge in [0.2, 0.25) is 0 Å². The van der Waals surface area contributed by atoms with E-state index in [0.29, 0.717) is 10.6 Å². The number of hydrogen-bond acceptors (Lipinski definition) is 2. The minimum absolute atomic E-state index is 0.639. The van der Waals surface area contributed by atoms with E-state index in [1.807, 2.05) is 6.08 Å². The van der Waals surface area contributed by atoms with Crippen LogP contribution in [0, 0.1) is 11.3 Å². The summed E-state index contributed by atoms with van der Waals surface area (Å²) < 4.78 is 0. The molecule has 1 N–H and O–H groups in total. The van der Waals surface area contributed by atoms with Crippen molar-refractivity contribution in [2.24, 2.45) is 0 Å². The number of nitrogens with zero attached hydrogens (tertiary/aromatic N) is 1. The highest BCUT2D eigenvalue weighted by molar-refractivity contribution is 6.30. The molecule has 0 heterocycles. The molecule has 90 valence electrons. The number of hydrogen-bond donors (Lipinski definition) is 1. The largest absolute Gasteiger partial charge is 0.384 e. The third kappa shape index (κ3) is 4.93. The van der Waals surface area contributed by atoms with E-state index in [1.54, 1.807) is 18.2 Å². The quantitative estimate of drug-likeness (QED) is 0.575. The molecule has 0 radical (unpaired) electrons. The van der Waals surface area contributed by atoms with Crippen LogP contribution >= 0.6 is 11.6 Å². The number of benzene rings is 1. The van der Waals surface area contributed by atoms with Crippen LogP contribution in [0.4, 0.5) is 5.69 Å². The Kier molecular flexibility index (Phi) is 6.21. The normalized spacial score (nSPS) is 9.65. The van der Waals surface area contributed by atoms with Gasteiger partial charge in [-0.1, -0.05) is 24.1 Å². The first kappa shape index (κ1) is 13.6. The fourth-order valence-electron chi connectivity index (χ4n) is 1.57. The van der Waals surface area contributed by atoms with Crippen LogP contribution in [0.25, 0.3) is 0 Å². The molecule has 1 rings (SSSR count). The first-order valence-electron chi connectivity index (χ1n) is 5.82. The van der Waals surface area contributed by atoms with Crippen molar-refractivity contribution in [3.8, 4) is 6.07 Å². The summed E-state index contributed by atoms with van der Waals surface area (Å²) in [5.74, 6) is 0. The smallest absolute Gasteiger partial charge is 0.101 e. The van der Waals surface area contributed by atoms with Crippen LogP contribution in [-0.4, -0.2) is 6.54 Å². The lowest BCUT2D eigenvalue weighted by atomic mass is 10.1. The van der Waals surface area contributed by atoms with E-state index < -0.39 is 0 Å². The van der Waals surface area contributed by atoms with Gasteiger partial charge in [-0.05, 0) is 37.5 Å². The van der Waals surface area contributed by atoms with Crippen LogP contribution in [0.2, 0.25) is 5.02 Å². The first-order valence-corrected chi connectivity index (χ1v) is 6.20. The highest BCUT2D eigenvalue weighted by Crippen LogP contribution is 2.20. The Morgan fingerprint density at radius 2 is 2.18 bits per heavy atom. The SMILES string of the molecule is C=CCCCCCNc1cc(Cl)ccc1C#N. The summed E-state index contributed by atoms with van der Waals surface area (Å²) >= 11 is 5.89. The lowest BCUT2D eigenvalue weighted by molar-refractivity contribution is 0.708. The van der Waals surface area contributed by atoms with E-state index in [1.165, 1.54) is 12.8 Å². The monoisotopic (exact) mass is 248 g/mol. The number of halogens is 1. The summed E-state index contributed by atoms with van der Waals surface area (Å²) in [7, 11) is 0. The molecule has 0 aromatic heterocycles. The Morgan fingerprint density at radius 1 is 1.35 bits per heavy atom. The Balaban J connectivity index is 2.38. The molecule has 1 aromatic carbocycles. The highest BCUT2D eigenvalue weighted by atomic mass is 35.5.